The van der Waals surface area contributed by atoms with Crippen LogP contribution in [0.5, 0.6) is 5.75 Å². The molecule has 0 radical (unpaired) electrons. The molecule has 1 heterocycles. The Morgan fingerprint density at radius 2 is 1.56 bits per heavy atom. The summed E-state index contributed by atoms with van der Waals surface area (Å²) in [5, 5.41) is 0. The molecule has 6 nitrogen and oxygen atoms in total. The fraction of sp³-hybridized carbons (Fsp3) is 0.500. The van der Waals surface area contributed by atoms with Gasteiger partial charge in [-0.15, -0.1) is 0 Å². The normalized spacial score (nSPS) is 24.8. The molecule has 0 bridgehead atoms. The van der Waals surface area contributed by atoms with Gasteiger partial charge in [0.15, 0.2) is 6.23 Å². The molecule has 0 N–H and O–H groups in total. The van der Waals surface area contributed by atoms with Gasteiger partial charge in [0.1, 0.15) is 11.2 Å². The number of carbonyl (C=O) groups is 1. The van der Waals surface area contributed by atoms with Crippen LogP contribution in [0, 0.1) is 0 Å². The summed E-state index contributed by atoms with van der Waals surface area (Å²) >= 11 is 0. The Morgan fingerprint density at radius 1 is 0.938 bits per heavy atom. The first-order chi connectivity index (χ1) is 15.5. The standard InChI is InChI=1S/C26H34N2O4/c1-19(2)27-14-16-28(17-15-27)24(20-8-6-5-7-9-20)32-25(29)26(18-23(26)31-4)21-10-12-22(30-3)13-11-21/h5-13,19,23-24H,14-18H2,1-4H3/t23-,24?,26-/m1/s1. The van der Waals surface area contributed by atoms with Gasteiger partial charge in [-0.1, -0.05) is 42.5 Å². The number of carbonyl (C=O) groups excluding carboxylic acids is 1. The summed E-state index contributed by atoms with van der Waals surface area (Å²) in [6.45, 7) is 8.08. The first-order valence-corrected chi connectivity index (χ1v) is 11.4. The predicted molar refractivity (Wildman–Crippen MR) is 124 cm³/mol. The quantitative estimate of drug-likeness (QED) is 0.587. The lowest BCUT2D eigenvalue weighted by Gasteiger charge is -2.40. The summed E-state index contributed by atoms with van der Waals surface area (Å²) in [6.07, 6.45) is 0.0287. The van der Waals surface area contributed by atoms with Crippen molar-refractivity contribution in [2.45, 2.75) is 44.1 Å². The van der Waals surface area contributed by atoms with Crippen LogP contribution in [0.1, 0.15) is 37.6 Å². The lowest BCUT2D eigenvalue weighted by atomic mass is 9.95. The second kappa shape index (κ2) is 9.61. The monoisotopic (exact) mass is 438 g/mol. The first kappa shape index (κ1) is 22.8. The van der Waals surface area contributed by atoms with E-state index in [-0.39, 0.29) is 12.1 Å². The van der Waals surface area contributed by atoms with Crippen LogP contribution in [0.15, 0.2) is 54.6 Å². The molecule has 172 valence electrons. The van der Waals surface area contributed by atoms with Crippen LogP contribution in [-0.4, -0.2) is 68.3 Å². The van der Waals surface area contributed by atoms with Crippen LogP contribution in [0.4, 0.5) is 0 Å². The van der Waals surface area contributed by atoms with Crippen molar-refractivity contribution < 1.29 is 19.0 Å². The highest BCUT2D eigenvalue weighted by molar-refractivity contribution is 5.88. The average molecular weight is 439 g/mol. The summed E-state index contributed by atoms with van der Waals surface area (Å²) in [4.78, 5) is 18.4. The Hall–Kier alpha value is -2.41. The van der Waals surface area contributed by atoms with E-state index >= 15 is 0 Å². The minimum atomic E-state index is -0.770. The third-order valence-corrected chi connectivity index (χ3v) is 6.86. The van der Waals surface area contributed by atoms with Crippen molar-refractivity contribution in [2.24, 2.45) is 0 Å². The van der Waals surface area contributed by atoms with E-state index in [4.69, 9.17) is 14.2 Å². The second-order valence-electron chi connectivity index (χ2n) is 8.96. The average Bonchev–Trinajstić information content (AvgIpc) is 3.59. The van der Waals surface area contributed by atoms with Crippen LogP contribution < -0.4 is 4.74 Å². The molecule has 0 amide bonds. The SMILES string of the molecule is COc1ccc([C@]2(C(=O)OC(c3ccccc3)N3CCN(C(C)C)CC3)C[C@H]2OC)cc1. The van der Waals surface area contributed by atoms with Crippen molar-refractivity contribution in [1.29, 1.82) is 0 Å². The summed E-state index contributed by atoms with van der Waals surface area (Å²) in [5.74, 6) is 0.534. The number of nitrogens with zero attached hydrogens (tertiary/aromatic N) is 2. The van der Waals surface area contributed by atoms with Gasteiger partial charge in [-0.25, -0.2) is 0 Å². The van der Waals surface area contributed by atoms with E-state index in [1.54, 1.807) is 14.2 Å². The molecular weight excluding hydrogens is 404 g/mol. The third-order valence-electron chi connectivity index (χ3n) is 6.86. The van der Waals surface area contributed by atoms with Gasteiger partial charge in [-0.2, -0.15) is 0 Å². The molecule has 0 spiro atoms. The molecule has 4 rings (SSSR count). The summed E-state index contributed by atoms with van der Waals surface area (Å²) in [6, 6.07) is 18.2. The molecule has 1 aliphatic carbocycles. The van der Waals surface area contributed by atoms with Gasteiger partial charge in [0.25, 0.3) is 0 Å². The summed E-state index contributed by atoms with van der Waals surface area (Å²) < 4.78 is 17.2. The number of ether oxygens (including phenoxy) is 3. The Labute approximate surface area is 191 Å². The third kappa shape index (κ3) is 4.40. The number of benzene rings is 2. The van der Waals surface area contributed by atoms with Crippen molar-refractivity contribution in [3.8, 4) is 5.75 Å². The zero-order valence-electron chi connectivity index (χ0n) is 19.5. The Bertz CT molecular complexity index is 894. The molecular formula is C26H34N2O4. The number of hydrogen-bond acceptors (Lipinski definition) is 6. The summed E-state index contributed by atoms with van der Waals surface area (Å²) in [7, 11) is 3.29. The van der Waals surface area contributed by atoms with Gasteiger partial charge >= 0.3 is 5.97 Å². The predicted octanol–water partition coefficient (Wildman–Crippen LogP) is 3.62. The Morgan fingerprint density at radius 3 is 2.09 bits per heavy atom. The topological polar surface area (TPSA) is 51.2 Å². The number of piperazine rings is 1. The lowest BCUT2D eigenvalue weighted by molar-refractivity contribution is -0.167. The summed E-state index contributed by atoms with van der Waals surface area (Å²) in [5.41, 5.74) is 1.14. The molecule has 2 aliphatic rings. The molecule has 2 aromatic carbocycles. The van der Waals surface area contributed by atoms with Crippen LogP contribution >= 0.6 is 0 Å². The molecule has 1 saturated heterocycles. The van der Waals surface area contributed by atoms with Gasteiger partial charge in [0, 0.05) is 44.9 Å². The number of methoxy groups -OCH3 is 2. The van der Waals surface area contributed by atoms with Crippen LogP contribution in [0.2, 0.25) is 0 Å². The number of esters is 1. The fourth-order valence-corrected chi connectivity index (χ4v) is 4.71. The van der Waals surface area contributed by atoms with E-state index in [1.807, 2.05) is 54.6 Å². The number of hydrogen-bond donors (Lipinski definition) is 0. The maximum atomic E-state index is 13.7. The van der Waals surface area contributed by atoms with Crippen molar-refractivity contribution in [3.05, 3.63) is 65.7 Å². The molecule has 0 aromatic heterocycles. The van der Waals surface area contributed by atoms with Crippen LogP contribution in [0.25, 0.3) is 0 Å². The minimum absolute atomic E-state index is 0.183. The Kier molecular flexibility index (Phi) is 6.84. The van der Waals surface area contributed by atoms with Crippen molar-refractivity contribution in [1.82, 2.24) is 9.80 Å². The van der Waals surface area contributed by atoms with E-state index in [0.29, 0.717) is 12.5 Å². The van der Waals surface area contributed by atoms with Crippen LogP contribution in [-0.2, 0) is 19.7 Å². The molecule has 1 aliphatic heterocycles. The fourth-order valence-electron chi connectivity index (χ4n) is 4.71. The van der Waals surface area contributed by atoms with Gasteiger partial charge < -0.3 is 14.2 Å². The smallest absolute Gasteiger partial charge is 0.321 e. The van der Waals surface area contributed by atoms with Gasteiger partial charge in [-0.3, -0.25) is 14.6 Å². The maximum Gasteiger partial charge on any atom is 0.321 e. The van der Waals surface area contributed by atoms with Crippen molar-refractivity contribution in [2.75, 3.05) is 40.4 Å². The second-order valence-corrected chi connectivity index (χ2v) is 8.96. The molecule has 1 unspecified atom stereocenters. The highest BCUT2D eigenvalue weighted by atomic mass is 16.6. The Balaban J connectivity index is 1.57. The molecule has 2 fully saturated rings. The number of rotatable bonds is 8. The molecule has 6 heteroatoms. The van der Waals surface area contributed by atoms with E-state index < -0.39 is 11.6 Å². The maximum absolute atomic E-state index is 13.7. The van der Waals surface area contributed by atoms with E-state index in [1.165, 1.54) is 0 Å². The van der Waals surface area contributed by atoms with E-state index in [9.17, 15) is 4.79 Å². The van der Waals surface area contributed by atoms with Crippen molar-refractivity contribution >= 4 is 5.97 Å². The van der Waals surface area contributed by atoms with Gasteiger partial charge in [0.2, 0.25) is 0 Å². The van der Waals surface area contributed by atoms with Crippen molar-refractivity contribution in [3.63, 3.8) is 0 Å². The highest BCUT2D eigenvalue weighted by Gasteiger charge is 2.64. The molecule has 2 aromatic rings. The largest absolute Gasteiger partial charge is 0.497 e. The first-order valence-electron chi connectivity index (χ1n) is 11.4. The van der Waals surface area contributed by atoms with Gasteiger partial charge in [0.05, 0.1) is 13.2 Å². The van der Waals surface area contributed by atoms with E-state index in [0.717, 1.165) is 43.1 Å². The van der Waals surface area contributed by atoms with Gasteiger partial charge in [-0.05, 0) is 38.0 Å². The molecule has 3 atom stereocenters. The zero-order chi connectivity index (χ0) is 22.7. The molecule has 1 saturated carbocycles. The minimum Gasteiger partial charge on any atom is -0.497 e. The highest BCUT2D eigenvalue weighted by Crippen LogP contribution is 2.52. The zero-order valence-corrected chi connectivity index (χ0v) is 19.5. The molecule has 32 heavy (non-hydrogen) atoms. The lowest BCUT2D eigenvalue weighted by Crippen LogP contribution is -2.50. The van der Waals surface area contributed by atoms with Crippen LogP contribution in [0.3, 0.4) is 0 Å². The van der Waals surface area contributed by atoms with E-state index in [2.05, 4.69) is 23.6 Å².